The van der Waals surface area contributed by atoms with Crippen molar-refractivity contribution in [2.24, 2.45) is 17.6 Å². The first kappa shape index (κ1) is 14.5. The van der Waals surface area contributed by atoms with E-state index in [1.54, 1.807) is 0 Å². The van der Waals surface area contributed by atoms with E-state index >= 15 is 0 Å². The van der Waals surface area contributed by atoms with Crippen LogP contribution in [0.5, 0.6) is 0 Å². The quantitative estimate of drug-likeness (QED) is 0.850. The summed E-state index contributed by atoms with van der Waals surface area (Å²) in [4.78, 5) is 0. The second-order valence-corrected chi connectivity index (χ2v) is 6.19. The van der Waals surface area contributed by atoms with Crippen LogP contribution in [0.2, 0.25) is 0 Å². The van der Waals surface area contributed by atoms with Gasteiger partial charge in [0, 0.05) is 12.1 Å². The summed E-state index contributed by atoms with van der Waals surface area (Å²) in [6, 6.07) is 11.9. The van der Waals surface area contributed by atoms with E-state index in [4.69, 9.17) is 5.73 Å². The van der Waals surface area contributed by atoms with Gasteiger partial charge in [-0.25, -0.2) is 0 Å². The predicted octanol–water partition coefficient (Wildman–Crippen LogP) is 3.49. The van der Waals surface area contributed by atoms with Crippen LogP contribution in [-0.2, 0) is 0 Å². The third-order valence-electron chi connectivity index (χ3n) is 4.43. The lowest BCUT2D eigenvalue weighted by atomic mass is 9.83. The minimum absolute atomic E-state index is 0.443. The Hall–Kier alpha value is -0.860. The smallest absolute Gasteiger partial charge is 0.0345 e. The summed E-state index contributed by atoms with van der Waals surface area (Å²) in [6.45, 7) is 5.41. The van der Waals surface area contributed by atoms with E-state index < -0.39 is 0 Å². The molecule has 3 unspecified atom stereocenters. The summed E-state index contributed by atoms with van der Waals surface area (Å²) in [5, 5.41) is 3.89. The van der Waals surface area contributed by atoms with Crippen molar-refractivity contribution < 1.29 is 0 Å². The largest absolute Gasteiger partial charge is 0.330 e. The SMILES string of the molecule is CC(C)C(NC1CCCCC1CN)c1ccccc1. The molecule has 3 atom stereocenters. The first-order valence-electron chi connectivity index (χ1n) is 7.73. The van der Waals surface area contributed by atoms with E-state index in [0.717, 1.165) is 6.54 Å². The number of nitrogens with two attached hydrogens (primary N) is 1. The van der Waals surface area contributed by atoms with Crippen molar-refractivity contribution in [1.82, 2.24) is 5.32 Å². The molecule has 0 aliphatic heterocycles. The standard InChI is InChI=1S/C17H28N2/c1-13(2)17(14-8-4-3-5-9-14)19-16-11-7-6-10-15(16)12-18/h3-5,8-9,13,15-17,19H,6-7,10-12,18H2,1-2H3. The zero-order valence-electron chi connectivity index (χ0n) is 12.3. The van der Waals surface area contributed by atoms with Gasteiger partial charge in [0.2, 0.25) is 0 Å². The van der Waals surface area contributed by atoms with E-state index in [-0.39, 0.29) is 0 Å². The Morgan fingerprint density at radius 3 is 2.47 bits per heavy atom. The molecule has 2 heteroatoms. The van der Waals surface area contributed by atoms with Crippen molar-refractivity contribution in [2.75, 3.05) is 6.54 Å². The third-order valence-corrected chi connectivity index (χ3v) is 4.43. The van der Waals surface area contributed by atoms with Gasteiger partial charge < -0.3 is 11.1 Å². The monoisotopic (exact) mass is 260 g/mol. The number of rotatable bonds is 5. The highest BCUT2D eigenvalue weighted by atomic mass is 15.0. The van der Waals surface area contributed by atoms with Crippen molar-refractivity contribution >= 4 is 0 Å². The molecule has 0 radical (unpaired) electrons. The summed E-state index contributed by atoms with van der Waals surface area (Å²) in [5.41, 5.74) is 7.35. The molecule has 2 nitrogen and oxygen atoms in total. The highest BCUT2D eigenvalue weighted by Crippen LogP contribution is 2.29. The van der Waals surface area contributed by atoms with E-state index in [0.29, 0.717) is 23.9 Å². The van der Waals surface area contributed by atoms with Crippen LogP contribution in [-0.4, -0.2) is 12.6 Å². The summed E-state index contributed by atoms with van der Waals surface area (Å²) >= 11 is 0. The van der Waals surface area contributed by atoms with Crippen LogP contribution < -0.4 is 11.1 Å². The van der Waals surface area contributed by atoms with Gasteiger partial charge in [-0.15, -0.1) is 0 Å². The minimum atomic E-state index is 0.443. The average molecular weight is 260 g/mol. The molecule has 3 N–H and O–H groups in total. The molecule has 1 saturated carbocycles. The van der Waals surface area contributed by atoms with Crippen LogP contribution in [0.15, 0.2) is 30.3 Å². The molecule has 2 rings (SSSR count). The van der Waals surface area contributed by atoms with Crippen molar-refractivity contribution in [2.45, 2.75) is 51.6 Å². The van der Waals surface area contributed by atoms with Gasteiger partial charge in [-0.3, -0.25) is 0 Å². The van der Waals surface area contributed by atoms with Crippen LogP contribution in [0.4, 0.5) is 0 Å². The molecule has 1 aliphatic carbocycles. The molecular formula is C17H28N2. The molecule has 0 spiro atoms. The lowest BCUT2D eigenvalue weighted by molar-refractivity contribution is 0.229. The highest BCUT2D eigenvalue weighted by molar-refractivity contribution is 5.19. The fourth-order valence-electron chi connectivity index (χ4n) is 3.27. The molecule has 1 aromatic rings. The highest BCUT2D eigenvalue weighted by Gasteiger charge is 2.27. The summed E-state index contributed by atoms with van der Waals surface area (Å²) in [6.07, 6.45) is 5.25. The molecule has 0 bridgehead atoms. The van der Waals surface area contributed by atoms with Gasteiger partial charge >= 0.3 is 0 Å². The summed E-state index contributed by atoms with van der Waals surface area (Å²) in [5.74, 6) is 1.25. The van der Waals surface area contributed by atoms with Crippen LogP contribution in [0.3, 0.4) is 0 Å². The Labute approximate surface area is 117 Å². The normalized spacial score (nSPS) is 25.5. The molecule has 1 fully saturated rings. The van der Waals surface area contributed by atoms with E-state index in [9.17, 15) is 0 Å². The van der Waals surface area contributed by atoms with Gasteiger partial charge in [0.25, 0.3) is 0 Å². The van der Waals surface area contributed by atoms with Gasteiger partial charge in [0.1, 0.15) is 0 Å². The van der Waals surface area contributed by atoms with Gasteiger partial charge in [-0.1, -0.05) is 57.0 Å². The van der Waals surface area contributed by atoms with Gasteiger partial charge in [0.05, 0.1) is 0 Å². The van der Waals surface area contributed by atoms with Crippen molar-refractivity contribution in [1.29, 1.82) is 0 Å². The van der Waals surface area contributed by atoms with Crippen LogP contribution in [0.1, 0.15) is 51.1 Å². The fourth-order valence-corrected chi connectivity index (χ4v) is 3.27. The zero-order chi connectivity index (χ0) is 13.7. The van der Waals surface area contributed by atoms with Crippen molar-refractivity contribution in [3.63, 3.8) is 0 Å². The maximum Gasteiger partial charge on any atom is 0.0345 e. The van der Waals surface area contributed by atoms with E-state index in [1.807, 2.05) is 0 Å². The van der Waals surface area contributed by atoms with Gasteiger partial charge in [-0.05, 0) is 36.8 Å². The molecule has 0 saturated heterocycles. The molecule has 0 amide bonds. The Morgan fingerprint density at radius 2 is 1.84 bits per heavy atom. The number of nitrogens with one attached hydrogen (secondary N) is 1. The maximum atomic E-state index is 5.94. The second kappa shape index (κ2) is 7.06. The van der Waals surface area contributed by atoms with E-state index in [2.05, 4.69) is 49.5 Å². The Balaban J connectivity index is 2.08. The molecule has 0 heterocycles. The van der Waals surface area contributed by atoms with Crippen LogP contribution >= 0.6 is 0 Å². The predicted molar refractivity (Wildman–Crippen MR) is 82.0 cm³/mol. The topological polar surface area (TPSA) is 38.0 Å². The molecule has 19 heavy (non-hydrogen) atoms. The third kappa shape index (κ3) is 3.80. The van der Waals surface area contributed by atoms with Crippen LogP contribution in [0.25, 0.3) is 0 Å². The molecular weight excluding hydrogens is 232 g/mol. The average Bonchev–Trinajstić information content (AvgIpc) is 2.45. The summed E-state index contributed by atoms with van der Waals surface area (Å²) < 4.78 is 0. The van der Waals surface area contributed by atoms with Gasteiger partial charge in [0.15, 0.2) is 0 Å². The Morgan fingerprint density at radius 1 is 1.16 bits per heavy atom. The first-order chi connectivity index (χ1) is 9.22. The maximum absolute atomic E-state index is 5.94. The van der Waals surface area contributed by atoms with Gasteiger partial charge in [-0.2, -0.15) is 0 Å². The van der Waals surface area contributed by atoms with Crippen molar-refractivity contribution in [3.05, 3.63) is 35.9 Å². The number of benzene rings is 1. The van der Waals surface area contributed by atoms with E-state index in [1.165, 1.54) is 31.2 Å². The second-order valence-electron chi connectivity index (χ2n) is 6.19. The zero-order valence-corrected chi connectivity index (χ0v) is 12.3. The van der Waals surface area contributed by atoms with Crippen LogP contribution in [0, 0.1) is 11.8 Å². The fraction of sp³-hybridized carbons (Fsp3) is 0.647. The summed E-state index contributed by atoms with van der Waals surface area (Å²) in [7, 11) is 0. The molecule has 1 aromatic carbocycles. The number of hydrogen-bond donors (Lipinski definition) is 2. The minimum Gasteiger partial charge on any atom is -0.330 e. The Kier molecular flexibility index (Phi) is 5.41. The molecule has 0 aromatic heterocycles. The molecule has 1 aliphatic rings. The lowest BCUT2D eigenvalue weighted by Gasteiger charge is -2.36. The Bertz CT molecular complexity index is 361. The first-order valence-corrected chi connectivity index (χ1v) is 7.73. The number of hydrogen-bond acceptors (Lipinski definition) is 2. The lowest BCUT2D eigenvalue weighted by Crippen LogP contribution is -2.44. The molecule has 106 valence electrons. The van der Waals surface area contributed by atoms with Crippen molar-refractivity contribution in [3.8, 4) is 0 Å².